The first-order valence-electron chi connectivity index (χ1n) is 23.7. The highest BCUT2D eigenvalue weighted by atomic mass is 16.5. The number of esters is 1. The van der Waals surface area contributed by atoms with E-state index >= 15 is 9.59 Å². The van der Waals surface area contributed by atoms with Crippen LogP contribution >= 0.6 is 0 Å². The molecule has 0 N–H and O–H groups in total. The van der Waals surface area contributed by atoms with Crippen molar-refractivity contribution in [2.45, 2.75) is 104 Å². The van der Waals surface area contributed by atoms with Gasteiger partial charge in [0.1, 0.15) is 6.21 Å². The summed E-state index contributed by atoms with van der Waals surface area (Å²) in [5.74, 6) is -2.84. The van der Waals surface area contributed by atoms with Gasteiger partial charge in [0.15, 0.2) is 12.8 Å². The van der Waals surface area contributed by atoms with Gasteiger partial charge in [-0.25, -0.2) is 9.59 Å². The minimum Gasteiger partial charge on any atom is -0.460 e. The van der Waals surface area contributed by atoms with E-state index in [9.17, 15) is 14.4 Å². The second-order valence-corrected chi connectivity index (χ2v) is 19.5. The lowest BCUT2D eigenvalue weighted by atomic mass is 9.66. The van der Waals surface area contributed by atoms with Crippen LogP contribution in [0.25, 0.3) is 33.3 Å². The molecule has 4 amide bonds. The van der Waals surface area contributed by atoms with E-state index in [1.54, 1.807) is 38.4 Å². The fraction of sp³-hybridized carbons (Fsp3) is 0.472. The molecule has 4 aliphatic rings. The minimum absolute atomic E-state index is 0.0665. The number of cyclic esters (lactones) is 1. The number of ether oxygens (including phenoxy) is 2. The number of nitrogens with zero attached hydrogens (tertiary/aromatic N) is 7. The van der Waals surface area contributed by atoms with Crippen LogP contribution in [0.2, 0.25) is 0 Å². The van der Waals surface area contributed by atoms with Crippen molar-refractivity contribution in [3.63, 3.8) is 0 Å². The van der Waals surface area contributed by atoms with E-state index in [0.29, 0.717) is 32.4 Å². The lowest BCUT2D eigenvalue weighted by Gasteiger charge is -2.42. The summed E-state index contributed by atoms with van der Waals surface area (Å²) >= 11 is 0. The van der Waals surface area contributed by atoms with Crippen LogP contribution in [-0.2, 0) is 46.4 Å². The molecule has 2 saturated heterocycles. The van der Waals surface area contributed by atoms with Crippen molar-refractivity contribution in [2.24, 2.45) is 17.3 Å². The van der Waals surface area contributed by atoms with Crippen molar-refractivity contribution in [1.82, 2.24) is 24.4 Å². The van der Waals surface area contributed by atoms with Crippen LogP contribution in [-0.4, -0.2) is 135 Å². The molecule has 14 nitrogen and oxygen atoms in total. The van der Waals surface area contributed by atoms with Gasteiger partial charge in [0.05, 0.1) is 30.9 Å². The van der Waals surface area contributed by atoms with Gasteiger partial charge in [-0.3, -0.25) is 19.4 Å². The lowest BCUT2D eigenvalue weighted by Crippen LogP contribution is -2.59. The molecule has 2 aromatic carbocycles. The number of hydrogen-bond donors (Lipinski definition) is 0. The maximum Gasteiger partial charge on any atom is 0.410 e. The maximum absolute atomic E-state index is 15.3. The van der Waals surface area contributed by atoms with Gasteiger partial charge in [0.2, 0.25) is 17.9 Å². The normalized spacial score (nSPS) is 23.4. The Balaban J connectivity index is 1.25. The standard InChI is InChI=1S/C53H65N7O7/c1-11-43(61)57-25-22-36(30-57)49(62)55(8)46(32(4)5)51(64)59(13-3)42-27-33-16-14-17-34(26-33)35-19-20-40-38(28-35)44-45(48(66-10)37-21-23-54-29-39(37)47(44)58(40)12-2)53(6,7)31-67-52(65)41-18-15-24-60(50(42)63)56(41)9/h11,13-14,16-17,19-21,23,26,28-29,32,36,41-42,45-46,48H,1,9,12,15,18,22,24-25,27,30-31H2,2-8,10H3/q+2/t36-,41-,42-,45?,46-,48+/m0/s1. The van der Waals surface area contributed by atoms with E-state index < -0.39 is 47.2 Å². The van der Waals surface area contributed by atoms with Gasteiger partial charge >= 0.3 is 17.8 Å². The zero-order chi connectivity index (χ0) is 48.1. The van der Waals surface area contributed by atoms with Crippen molar-refractivity contribution in [3.8, 4) is 22.4 Å². The van der Waals surface area contributed by atoms with Gasteiger partial charge in [-0.2, -0.15) is 4.58 Å². The number of hydrogen-bond acceptors (Lipinski definition) is 8. The van der Waals surface area contributed by atoms with Crippen LogP contribution in [0.5, 0.6) is 0 Å². The van der Waals surface area contributed by atoms with E-state index in [0.717, 1.165) is 50.0 Å². The third kappa shape index (κ3) is 8.31. The van der Waals surface area contributed by atoms with Gasteiger partial charge in [0.25, 0.3) is 6.04 Å². The smallest absolute Gasteiger partial charge is 0.410 e. The van der Waals surface area contributed by atoms with E-state index in [1.807, 2.05) is 38.2 Å². The summed E-state index contributed by atoms with van der Waals surface area (Å²) in [6, 6.07) is 13.8. The van der Waals surface area contributed by atoms with Crippen molar-refractivity contribution in [2.75, 3.05) is 40.4 Å². The number of hydrazone groups is 1. The zero-order valence-corrected chi connectivity index (χ0v) is 40.2. The second kappa shape index (κ2) is 18.8. The lowest BCUT2D eigenvalue weighted by molar-refractivity contribution is -0.695. The predicted octanol–water partition coefficient (Wildman–Crippen LogP) is 6.44. The fourth-order valence-corrected chi connectivity index (χ4v) is 11.3. The number of likely N-dealkylation sites (N-methyl/N-ethyl adjacent to an activating group) is 1. The van der Waals surface area contributed by atoms with Crippen LogP contribution in [0.1, 0.15) is 89.5 Å². The molecule has 3 aliphatic heterocycles. The summed E-state index contributed by atoms with van der Waals surface area (Å²) < 4.78 is 18.0. The average Bonchev–Trinajstić information content (AvgIpc) is 3.95. The monoisotopic (exact) mass is 911 g/mol. The Labute approximate surface area is 393 Å². The summed E-state index contributed by atoms with van der Waals surface area (Å²) in [5.41, 5.74) is 7.37. The van der Waals surface area contributed by atoms with Crippen LogP contribution in [0.4, 0.5) is 0 Å². The van der Waals surface area contributed by atoms with Crippen LogP contribution < -0.4 is 0 Å². The van der Waals surface area contributed by atoms with Crippen LogP contribution in [0.3, 0.4) is 0 Å². The highest BCUT2D eigenvalue weighted by Crippen LogP contribution is 2.57. The van der Waals surface area contributed by atoms with Crippen molar-refractivity contribution in [1.29, 1.82) is 0 Å². The number of aromatic nitrogens is 2. The number of carbonyl (C=O) groups is 5. The van der Waals surface area contributed by atoms with E-state index in [-0.39, 0.29) is 55.9 Å². The molecule has 6 bridgehead atoms. The molecule has 2 aromatic heterocycles. The first-order chi connectivity index (χ1) is 32.1. The molecule has 67 heavy (non-hydrogen) atoms. The van der Waals surface area contributed by atoms with Crippen LogP contribution in [0.15, 0.2) is 73.6 Å². The summed E-state index contributed by atoms with van der Waals surface area (Å²) in [4.78, 5) is 79.0. The summed E-state index contributed by atoms with van der Waals surface area (Å²) in [6.07, 6.45) is 7.74. The molecule has 8 rings (SSSR count). The Hall–Kier alpha value is -6.28. The molecular weight excluding hydrogens is 847 g/mol. The topological polar surface area (TPSA) is 137 Å². The number of aryl methyl sites for hydroxylation is 1. The number of rotatable bonds is 8. The van der Waals surface area contributed by atoms with Gasteiger partial charge in [-0.05, 0) is 77.8 Å². The highest BCUT2D eigenvalue weighted by molar-refractivity contribution is 5.97. The number of pyridine rings is 1. The molecule has 6 atom stereocenters. The predicted molar refractivity (Wildman–Crippen MR) is 256 cm³/mol. The largest absolute Gasteiger partial charge is 0.460 e. The number of benzene rings is 2. The molecule has 14 heteroatoms. The van der Waals surface area contributed by atoms with Gasteiger partial charge in [-0.15, -0.1) is 9.69 Å². The third-order valence-electron chi connectivity index (χ3n) is 14.7. The minimum atomic E-state index is -1.07. The first kappa shape index (κ1) is 47.2. The molecule has 2 fully saturated rings. The Kier molecular flexibility index (Phi) is 13.2. The molecule has 1 aliphatic carbocycles. The molecular formula is C53H65N7O7+2. The number of likely N-dealkylation sites (tertiary alicyclic amines) is 1. The van der Waals surface area contributed by atoms with E-state index in [2.05, 4.69) is 74.0 Å². The fourth-order valence-electron chi connectivity index (χ4n) is 11.3. The Morgan fingerprint density at radius 3 is 2.55 bits per heavy atom. The van der Waals surface area contributed by atoms with Crippen LogP contribution in [0, 0.1) is 17.3 Å². The number of carbonyl (C=O) groups excluding carboxylic acids is 5. The van der Waals surface area contributed by atoms with Crippen molar-refractivity contribution < 1.29 is 42.7 Å². The molecule has 5 heterocycles. The van der Waals surface area contributed by atoms with Gasteiger partial charge in [-0.1, -0.05) is 64.6 Å². The molecule has 0 radical (unpaired) electrons. The quantitative estimate of drug-likeness (QED) is 0.0854. The third-order valence-corrected chi connectivity index (χ3v) is 14.7. The number of fused-ring (bicyclic) bond motifs is 8. The number of methoxy groups -OCH3 is 1. The molecule has 1 unspecified atom stereocenters. The highest BCUT2D eigenvalue weighted by Gasteiger charge is 2.51. The Morgan fingerprint density at radius 1 is 1.09 bits per heavy atom. The maximum atomic E-state index is 15.3. The van der Waals surface area contributed by atoms with Gasteiger partial charge in [0, 0.05) is 93.8 Å². The molecule has 4 aromatic rings. The number of amides is 4. The molecule has 0 spiro atoms. The Morgan fingerprint density at radius 2 is 1.85 bits per heavy atom. The van der Waals surface area contributed by atoms with Crippen molar-refractivity contribution >= 4 is 53.4 Å². The molecule has 0 saturated carbocycles. The summed E-state index contributed by atoms with van der Waals surface area (Å²) in [6.45, 7) is 21.5. The average molecular weight is 912 g/mol. The number of hydrazine groups is 1. The van der Waals surface area contributed by atoms with E-state index in [4.69, 9.17) is 9.47 Å². The van der Waals surface area contributed by atoms with E-state index in [1.165, 1.54) is 25.2 Å². The summed E-state index contributed by atoms with van der Waals surface area (Å²) in [5, 5.41) is 2.55. The zero-order valence-electron chi connectivity index (χ0n) is 40.2. The summed E-state index contributed by atoms with van der Waals surface area (Å²) in [7, 11) is 3.36. The second-order valence-electron chi connectivity index (χ2n) is 19.5. The molecule has 352 valence electrons. The van der Waals surface area contributed by atoms with Crippen molar-refractivity contribution in [3.05, 3.63) is 90.3 Å². The Bertz CT molecular complexity index is 2700. The SMILES string of the molecule is C=CC(=O)N1CC[C@H](C(=O)N(C)[C@H](C(=O)[N+](=CC)[C@H]2Cc3cccc(c3)-c3ccc4c(c3)c3c(n4CC)-c4cnccc4[C@@H](OC)C3C(C)(C)COC(=O)[C@@H]3CCCN(C2=O)[N+]3=C)C(C)C)C1. The van der Waals surface area contributed by atoms with Gasteiger partial charge < -0.3 is 23.8 Å². The first-order valence-corrected chi connectivity index (χ1v) is 23.7.